The first-order valence-electron chi connectivity index (χ1n) is 6.16. The second-order valence-electron chi connectivity index (χ2n) is 4.17. The molecule has 0 aliphatic rings. The van der Waals surface area contributed by atoms with Crippen LogP contribution >= 0.6 is 0 Å². The van der Waals surface area contributed by atoms with E-state index >= 15 is 0 Å². The minimum Gasteiger partial charge on any atom is -0.323 e. The van der Waals surface area contributed by atoms with E-state index in [1.165, 1.54) is 0 Å². The van der Waals surface area contributed by atoms with E-state index in [1.54, 1.807) is 0 Å². The Balaban J connectivity index is 0. The van der Waals surface area contributed by atoms with Gasteiger partial charge in [-0.2, -0.15) is 8.42 Å². The highest BCUT2D eigenvalue weighted by Gasteiger charge is 2.25. The van der Waals surface area contributed by atoms with Gasteiger partial charge in [0.15, 0.2) is 0 Å². The third kappa shape index (κ3) is 17.7. The predicted molar refractivity (Wildman–Crippen MR) is 70.3 cm³/mol. The van der Waals surface area contributed by atoms with Crippen LogP contribution in [0.2, 0.25) is 0 Å². The zero-order valence-corrected chi connectivity index (χ0v) is 12.2. The van der Waals surface area contributed by atoms with Crippen LogP contribution in [0.1, 0.15) is 32.1 Å². The third-order valence-corrected chi connectivity index (χ3v) is 2.87. The van der Waals surface area contributed by atoms with Crippen molar-refractivity contribution in [3.8, 4) is 0 Å². The average molecular weight is 307 g/mol. The molecule has 0 spiro atoms. The third-order valence-electron chi connectivity index (χ3n) is 2.13. The van der Waals surface area contributed by atoms with Crippen LogP contribution in [0.4, 0.5) is 13.2 Å². The molecule has 0 saturated carbocycles. The number of unbranched alkanes of at least 4 members (excludes halogenated alkanes) is 3. The Hall–Kier alpha value is -0.340. The van der Waals surface area contributed by atoms with Crippen molar-refractivity contribution in [2.45, 2.75) is 44.4 Å². The molecule has 2 unspecified atom stereocenters. The van der Waals surface area contributed by atoms with Gasteiger partial charge in [-0.05, 0) is 26.9 Å². The molecule has 0 aliphatic carbocycles. The molecule has 0 bridgehead atoms. The molecule has 0 heterocycles. The van der Waals surface area contributed by atoms with Crippen LogP contribution in [0.3, 0.4) is 0 Å². The van der Waals surface area contributed by atoms with Gasteiger partial charge in [-0.15, -0.1) is 0 Å². The molecule has 0 aliphatic heterocycles. The Morgan fingerprint density at radius 1 is 1.05 bits per heavy atom. The fourth-order valence-corrected chi connectivity index (χ4v) is 1.89. The lowest BCUT2D eigenvalue weighted by Crippen LogP contribution is -2.26. The van der Waals surface area contributed by atoms with Gasteiger partial charge in [0.2, 0.25) is 0 Å². The number of hydrogen-bond acceptors (Lipinski definition) is 3. The zero-order chi connectivity index (χ0) is 15.3. The van der Waals surface area contributed by atoms with E-state index < -0.39 is 34.9 Å². The zero-order valence-electron chi connectivity index (χ0n) is 11.4. The summed E-state index contributed by atoms with van der Waals surface area (Å²) in [5, 5.41) is 2.75. The van der Waals surface area contributed by atoms with E-state index in [0.717, 1.165) is 0 Å². The molecular formula is C11H24F3NO3S. The number of rotatable bonds is 9. The molecule has 4 nitrogen and oxygen atoms in total. The summed E-state index contributed by atoms with van der Waals surface area (Å²) >= 11 is 0. The highest BCUT2D eigenvalue weighted by molar-refractivity contribution is 7.85. The van der Waals surface area contributed by atoms with E-state index in [0.29, 0.717) is 25.7 Å². The van der Waals surface area contributed by atoms with Crippen LogP contribution in [0, 0.1) is 0 Å². The molecule has 0 rings (SSSR count). The van der Waals surface area contributed by atoms with Crippen LogP contribution in [0.15, 0.2) is 0 Å². The minimum absolute atomic E-state index is 0.108. The van der Waals surface area contributed by atoms with Crippen molar-refractivity contribution in [3.05, 3.63) is 0 Å². The fourth-order valence-electron chi connectivity index (χ4n) is 1.27. The van der Waals surface area contributed by atoms with Crippen LogP contribution in [-0.2, 0) is 10.1 Å². The van der Waals surface area contributed by atoms with Crippen molar-refractivity contribution in [1.82, 2.24) is 5.32 Å². The highest BCUT2D eigenvalue weighted by Crippen LogP contribution is 2.15. The van der Waals surface area contributed by atoms with Gasteiger partial charge in [0.05, 0.1) is 6.67 Å². The lowest BCUT2D eigenvalue weighted by molar-refractivity contribution is 0.169. The average Bonchev–Trinajstić information content (AvgIpc) is 2.27. The summed E-state index contributed by atoms with van der Waals surface area (Å²) in [5.41, 5.74) is 0. The van der Waals surface area contributed by atoms with Gasteiger partial charge in [-0.3, -0.25) is 8.94 Å². The largest absolute Gasteiger partial charge is 0.323 e. The number of halogens is 3. The minimum atomic E-state index is -4.47. The number of nitrogens with one attached hydrogen (secondary N) is 1. The Bertz CT molecular complexity index is 289. The van der Waals surface area contributed by atoms with Crippen LogP contribution in [0.25, 0.3) is 0 Å². The molecule has 0 saturated heterocycles. The summed E-state index contributed by atoms with van der Waals surface area (Å²) < 4.78 is 66.4. The second-order valence-corrected chi connectivity index (χ2v) is 5.67. The highest BCUT2D eigenvalue weighted by atomic mass is 32.2. The van der Waals surface area contributed by atoms with Crippen molar-refractivity contribution in [1.29, 1.82) is 0 Å². The molecule has 2 N–H and O–H groups in total. The van der Waals surface area contributed by atoms with Gasteiger partial charge in [0.1, 0.15) is 18.1 Å². The quantitative estimate of drug-likeness (QED) is 0.507. The Labute approximate surface area is 113 Å². The first kappa shape index (κ1) is 21.0. The molecule has 0 fully saturated rings. The van der Waals surface area contributed by atoms with Gasteiger partial charge < -0.3 is 5.32 Å². The van der Waals surface area contributed by atoms with Gasteiger partial charge in [0, 0.05) is 0 Å². The smallest absolute Gasteiger partial charge is 0.267 e. The molecule has 0 amide bonds. The Morgan fingerprint density at radius 3 is 1.95 bits per heavy atom. The van der Waals surface area contributed by atoms with Gasteiger partial charge in [-0.25, -0.2) is 8.78 Å². The van der Waals surface area contributed by atoms with Crippen LogP contribution < -0.4 is 5.32 Å². The van der Waals surface area contributed by atoms with Crippen molar-refractivity contribution in [2.24, 2.45) is 0 Å². The lowest BCUT2D eigenvalue weighted by atomic mass is 10.1. The maximum atomic E-state index is 13.0. The maximum absolute atomic E-state index is 13.0. The van der Waals surface area contributed by atoms with Crippen LogP contribution in [-0.4, -0.2) is 51.8 Å². The topological polar surface area (TPSA) is 66.4 Å². The molecule has 118 valence electrons. The van der Waals surface area contributed by atoms with Gasteiger partial charge >= 0.3 is 0 Å². The Morgan fingerprint density at radius 2 is 1.53 bits per heavy atom. The first-order valence-corrected chi connectivity index (χ1v) is 7.77. The summed E-state index contributed by atoms with van der Waals surface area (Å²) in [6.45, 7) is -0.423. The summed E-state index contributed by atoms with van der Waals surface area (Å²) in [7, 11) is -0.722. The standard InChI is InChI=1S/C9H17F3O3S.C2H7N/c10-6-4-2-1-3-5-8(11)9(12)7-16(13,14)15;1-3-2/h8-9H,1-7H2,(H,13,14,15);3H,1-2H3. The summed E-state index contributed by atoms with van der Waals surface area (Å²) in [4.78, 5) is 0. The molecule has 0 aromatic rings. The van der Waals surface area contributed by atoms with E-state index in [9.17, 15) is 21.6 Å². The molecular weight excluding hydrogens is 283 g/mol. The predicted octanol–water partition coefficient (Wildman–Crippen LogP) is 2.31. The number of hydrogen-bond donors (Lipinski definition) is 2. The summed E-state index contributed by atoms with van der Waals surface area (Å²) in [5.74, 6) is -1.21. The van der Waals surface area contributed by atoms with Gasteiger partial charge in [-0.1, -0.05) is 19.3 Å². The van der Waals surface area contributed by atoms with Crippen molar-refractivity contribution < 1.29 is 26.1 Å². The Kier molecular flexibility index (Phi) is 14.0. The lowest BCUT2D eigenvalue weighted by Gasteiger charge is -2.11. The van der Waals surface area contributed by atoms with Crippen molar-refractivity contribution in [3.63, 3.8) is 0 Å². The van der Waals surface area contributed by atoms with E-state index in [4.69, 9.17) is 4.55 Å². The van der Waals surface area contributed by atoms with E-state index in [-0.39, 0.29) is 6.42 Å². The molecule has 19 heavy (non-hydrogen) atoms. The SMILES string of the molecule is CNC.O=S(=O)(O)CC(F)C(F)CCCCCCF. The number of alkyl halides is 3. The summed E-state index contributed by atoms with van der Waals surface area (Å²) in [6.07, 6.45) is -2.22. The maximum Gasteiger partial charge on any atom is 0.267 e. The van der Waals surface area contributed by atoms with E-state index in [1.807, 2.05) is 14.1 Å². The normalized spacial score (nSPS) is 14.4. The molecule has 0 radical (unpaired) electrons. The fraction of sp³-hybridized carbons (Fsp3) is 1.00. The first-order chi connectivity index (χ1) is 8.78. The van der Waals surface area contributed by atoms with Crippen molar-refractivity contribution >= 4 is 10.1 Å². The van der Waals surface area contributed by atoms with Crippen LogP contribution in [0.5, 0.6) is 0 Å². The summed E-state index contributed by atoms with van der Waals surface area (Å²) in [6, 6.07) is 0. The van der Waals surface area contributed by atoms with Crippen molar-refractivity contribution in [2.75, 3.05) is 26.5 Å². The van der Waals surface area contributed by atoms with Gasteiger partial charge in [0.25, 0.3) is 10.1 Å². The molecule has 2 atom stereocenters. The molecule has 8 heteroatoms. The molecule has 0 aromatic carbocycles. The molecule has 0 aromatic heterocycles. The second kappa shape index (κ2) is 12.7. The van der Waals surface area contributed by atoms with E-state index in [2.05, 4.69) is 5.32 Å². The monoisotopic (exact) mass is 307 g/mol.